The van der Waals surface area contributed by atoms with Gasteiger partial charge in [-0.05, 0) is 0 Å². The van der Waals surface area contributed by atoms with Crippen LogP contribution in [0.25, 0.3) is 0 Å². The molecule has 0 aliphatic heterocycles. The third-order valence-corrected chi connectivity index (χ3v) is 18.1. The van der Waals surface area contributed by atoms with Crippen LogP contribution in [0.1, 0.15) is 0 Å². The zero-order chi connectivity index (χ0) is 11.1. The summed E-state index contributed by atoms with van der Waals surface area (Å²) < 4.78 is 2.98. The molecule has 83 valence electrons. The van der Waals surface area contributed by atoms with Crippen molar-refractivity contribution in [3.63, 3.8) is 0 Å². The van der Waals surface area contributed by atoms with Crippen LogP contribution in [0.4, 0.5) is 0 Å². The maximum absolute atomic E-state index is 2.98. The molecule has 1 nitrogen and oxygen atoms in total. The molecule has 0 unspecified atom stereocenters. The molecule has 0 N–H and O–H groups in total. The average molecular weight is 322 g/mol. The van der Waals surface area contributed by atoms with Gasteiger partial charge in [0.2, 0.25) is 0 Å². The van der Waals surface area contributed by atoms with Crippen LogP contribution in [0.15, 0.2) is 0 Å². The van der Waals surface area contributed by atoms with Crippen molar-refractivity contribution in [1.82, 2.24) is 3.90 Å². The van der Waals surface area contributed by atoms with Crippen molar-refractivity contribution in [3.05, 3.63) is 0 Å². The van der Waals surface area contributed by atoms with Crippen molar-refractivity contribution in [3.8, 4) is 0 Å². The van der Waals surface area contributed by atoms with Gasteiger partial charge in [0, 0.05) is 32.7 Å². The van der Waals surface area contributed by atoms with Crippen molar-refractivity contribution in [2.24, 2.45) is 0 Å². The second-order valence-electron chi connectivity index (χ2n) is 6.85. The van der Waals surface area contributed by atoms with E-state index in [4.69, 9.17) is 0 Å². The van der Waals surface area contributed by atoms with E-state index in [2.05, 4.69) is 62.8 Å². The number of nitrogens with zero attached hydrogens (tertiary/aromatic N) is 1. The molecule has 14 heavy (non-hydrogen) atoms. The second-order valence-corrected chi connectivity index (χ2v) is 22.6. The molecular weight excluding hydrogens is 295 g/mol. The van der Waals surface area contributed by atoms with Crippen LogP contribution in [0.5, 0.6) is 0 Å². The fourth-order valence-electron chi connectivity index (χ4n) is 3.02. The number of rotatable bonds is 3. The Hall–Kier alpha value is 1.71. The minimum absolute atomic E-state index is 0. The summed E-state index contributed by atoms with van der Waals surface area (Å²) in [5, 5.41) is 0. The molecule has 0 aromatic rings. The minimum atomic E-state index is -1.10. The molecule has 0 aromatic heterocycles. The molecule has 5 heteroatoms. The maximum Gasteiger partial charge on any atom is 0.105 e. The van der Waals surface area contributed by atoms with E-state index < -0.39 is 24.7 Å². The van der Waals surface area contributed by atoms with Crippen LogP contribution in [0.2, 0.25) is 58.9 Å². The van der Waals surface area contributed by atoms with Crippen molar-refractivity contribution < 1.29 is 32.7 Å². The van der Waals surface area contributed by atoms with E-state index in [-0.39, 0.29) is 32.7 Å². The summed E-state index contributed by atoms with van der Waals surface area (Å²) in [4.78, 5) is 0. The summed E-state index contributed by atoms with van der Waals surface area (Å²) in [6.07, 6.45) is 0. The van der Waals surface area contributed by atoms with E-state index in [1.807, 2.05) is 0 Å². The zero-order valence-electron chi connectivity index (χ0n) is 11.5. The predicted molar refractivity (Wildman–Crippen MR) is 71.9 cm³/mol. The first-order valence-corrected chi connectivity index (χ1v) is 15.5. The van der Waals surface area contributed by atoms with Gasteiger partial charge >= 0.3 is 0 Å². The molecule has 0 saturated carbocycles. The van der Waals surface area contributed by atoms with Gasteiger partial charge in [-0.3, -0.25) is 0 Å². The van der Waals surface area contributed by atoms with Gasteiger partial charge < -0.3 is 3.90 Å². The van der Waals surface area contributed by atoms with Crippen molar-refractivity contribution >= 4 is 24.7 Å². The fraction of sp³-hybridized carbons (Fsp3) is 1.00. The Balaban J connectivity index is 0. The number of hydrogen-bond donors (Lipinski definition) is 0. The van der Waals surface area contributed by atoms with Crippen molar-refractivity contribution in [2.75, 3.05) is 0 Å². The molecular formula is C9H27NSi3Y. The zero-order valence-corrected chi connectivity index (χ0v) is 17.4. The van der Waals surface area contributed by atoms with Crippen LogP contribution in [-0.2, 0) is 32.7 Å². The molecule has 0 aliphatic carbocycles. The van der Waals surface area contributed by atoms with Gasteiger partial charge in [0.05, 0.1) is 0 Å². The molecule has 0 rings (SSSR count). The topological polar surface area (TPSA) is 3.24 Å². The summed E-state index contributed by atoms with van der Waals surface area (Å²) >= 11 is 0. The fourth-order valence-corrected chi connectivity index (χ4v) is 27.2. The van der Waals surface area contributed by atoms with Crippen LogP contribution in [0.3, 0.4) is 0 Å². The van der Waals surface area contributed by atoms with Crippen LogP contribution < -0.4 is 0 Å². The van der Waals surface area contributed by atoms with Gasteiger partial charge in [-0.15, -0.1) is 0 Å². The quantitative estimate of drug-likeness (QED) is 0.715. The largest absolute Gasteiger partial charge is 0.369 e. The first-order chi connectivity index (χ1) is 5.37. The van der Waals surface area contributed by atoms with Gasteiger partial charge in [-0.25, -0.2) is 0 Å². The Bertz CT molecular complexity index is 143. The van der Waals surface area contributed by atoms with Crippen LogP contribution in [-0.4, -0.2) is 28.6 Å². The van der Waals surface area contributed by atoms with E-state index >= 15 is 0 Å². The van der Waals surface area contributed by atoms with E-state index in [1.165, 1.54) is 0 Å². The monoisotopic (exact) mass is 322 g/mol. The van der Waals surface area contributed by atoms with Gasteiger partial charge in [0.1, 0.15) is 24.7 Å². The molecule has 0 bridgehead atoms. The summed E-state index contributed by atoms with van der Waals surface area (Å²) in [5.41, 5.74) is 0. The Morgan fingerprint density at radius 2 is 0.643 bits per heavy atom. The Morgan fingerprint density at radius 1 is 0.500 bits per heavy atom. The summed E-state index contributed by atoms with van der Waals surface area (Å²) in [6.45, 7) is 22.4. The smallest absolute Gasteiger partial charge is 0.105 e. The van der Waals surface area contributed by atoms with E-state index in [0.29, 0.717) is 0 Å². The van der Waals surface area contributed by atoms with Gasteiger partial charge in [-0.2, -0.15) is 0 Å². The second kappa shape index (κ2) is 5.36. The van der Waals surface area contributed by atoms with Gasteiger partial charge in [-0.1, -0.05) is 58.9 Å². The molecule has 0 aromatic carbocycles. The predicted octanol–water partition coefficient (Wildman–Crippen LogP) is 3.79. The Morgan fingerprint density at radius 3 is 0.643 bits per heavy atom. The Labute approximate surface area is 119 Å². The molecule has 0 saturated heterocycles. The van der Waals surface area contributed by atoms with Crippen molar-refractivity contribution in [1.29, 1.82) is 0 Å². The normalized spacial score (nSPS) is 14.1. The first kappa shape index (κ1) is 18.1. The van der Waals surface area contributed by atoms with Gasteiger partial charge in [0.15, 0.2) is 0 Å². The Kier molecular flexibility index (Phi) is 6.93. The summed E-state index contributed by atoms with van der Waals surface area (Å²) in [5.74, 6) is 0. The number of hydrogen-bond acceptors (Lipinski definition) is 1. The first-order valence-electron chi connectivity index (χ1n) is 5.17. The summed E-state index contributed by atoms with van der Waals surface area (Å²) in [6, 6.07) is 0. The van der Waals surface area contributed by atoms with Crippen LogP contribution in [0, 0.1) is 0 Å². The van der Waals surface area contributed by atoms with Crippen molar-refractivity contribution in [2.45, 2.75) is 58.9 Å². The molecule has 0 spiro atoms. The third kappa shape index (κ3) is 5.70. The maximum atomic E-state index is 2.98. The third-order valence-electron chi connectivity index (χ3n) is 2.01. The standard InChI is InChI=1S/C9H27NSi3.Y/c1-11(2,3)10(12(4,5)6)13(7,8)9;/h1-9H3;. The summed E-state index contributed by atoms with van der Waals surface area (Å²) in [7, 11) is -3.30. The molecule has 0 fully saturated rings. The molecule has 0 amide bonds. The molecule has 0 heterocycles. The molecule has 0 aliphatic rings. The minimum Gasteiger partial charge on any atom is -0.369 e. The molecule has 0 atom stereocenters. The SMILES string of the molecule is C[Si](C)(C)N([Si](C)(C)C)[Si](C)(C)C.[Y]. The average Bonchev–Trinajstić information content (AvgIpc) is 1.44. The van der Waals surface area contributed by atoms with E-state index in [9.17, 15) is 0 Å². The van der Waals surface area contributed by atoms with E-state index in [0.717, 1.165) is 0 Å². The van der Waals surface area contributed by atoms with Gasteiger partial charge in [0.25, 0.3) is 0 Å². The molecule has 1 radical (unpaired) electrons. The van der Waals surface area contributed by atoms with E-state index in [1.54, 1.807) is 0 Å². The van der Waals surface area contributed by atoms with Crippen LogP contribution >= 0.6 is 0 Å².